The fraction of sp³-hybridized carbons (Fsp3) is 0.487. The highest BCUT2D eigenvalue weighted by molar-refractivity contribution is 6.30. The van der Waals surface area contributed by atoms with Gasteiger partial charge in [-0.25, -0.2) is 0 Å². The Hall–Kier alpha value is -3.95. The van der Waals surface area contributed by atoms with Crippen molar-refractivity contribution < 1.29 is 23.9 Å². The zero-order valence-corrected chi connectivity index (χ0v) is 29.1. The highest BCUT2D eigenvalue weighted by Crippen LogP contribution is 2.35. The molecular weight excluding hydrogens is 640 g/mol. The van der Waals surface area contributed by atoms with Gasteiger partial charge in [0, 0.05) is 42.2 Å². The topological polar surface area (TPSA) is 140 Å². The molecule has 4 atom stereocenters. The highest BCUT2D eigenvalue weighted by atomic mass is 35.5. The summed E-state index contributed by atoms with van der Waals surface area (Å²) in [7, 11) is 0. The van der Waals surface area contributed by atoms with Gasteiger partial charge in [-0.15, -0.1) is 0 Å². The van der Waals surface area contributed by atoms with Crippen LogP contribution in [0.5, 0.6) is 5.75 Å². The number of halogens is 1. The first-order valence-corrected chi connectivity index (χ1v) is 18.2. The van der Waals surface area contributed by atoms with Crippen molar-refractivity contribution >= 4 is 45.9 Å². The molecule has 3 aromatic carbocycles. The first-order chi connectivity index (χ1) is 23.7. The lowest BCUT2D eigenvalue weighted by Gasteiger charge is -2.30. The molecule has 10 heteroatoms. The average molecular weight is 689 g/mol. The number of carbonyl (C=O) groups is 4. The Morgan fingerprint density at radius 3 is 2.45 bits per heavy atom. The van der Waals surface area contributed by atoms with Gasteiger partial charge in [0.2, 0.25) is 17.7 Å². The molecule has 3 aromatic rings. The average Bonchev–Trinajstić information content (AvgIpc) is 3.64. The number of nitrogens with one attached hydrogen (secondary N) is 3. The van der Waals surface area contributed by atoms with Crippen molar-refractivity contribution in [3.63, 3.8) is 0 Å². The predicted molar refractivity (Wildman–Crippen MR) is 192 cm³/mol. The monoisotopic (exact) mass is 688 g/mol. The summed E-state index contributed by atoms with van der Waals surface area (Å²) in [6.07, 6.45) is 6.68. The summed E-state index contributed by atoms with van der Waals surface area (Å²) < 4.78 is 5.78. The number of nitrogens with two attached hydrogens (primary N) is 1. The van der Waals surface area contributed by atoms with Gasteiger partial charge in [0.1, 0.15) is 11.8 Å². The fourth-order valence-electron chi connectivity index (χ4n) is 7.15. The Labute approximate surface area is 294 Å². The van der Waals surface area contributed by atoms with E-state index in [0.29, 0.717) is 43.2 Å². The van der Waals surface area contributed by atoms with E-state index >= 15 is 0 Å². The zero-order valence-electron chi connectivity index (χ0n) is 28.3. The number of Topliss-reactive ketones (excluding diaryl/α,β-unsaturated/α-hetero) is 1. The van der Waals surface area contributed by atoms with Crippen LogP contribution >= 0.6 is 11.6 Å². The maximum atomic E-state index is 14.2. The van der Waals surface area contributed by atoms with E-state index in [1.165, 1.54) is 0 Å². The third-order valence-corrected chi connectivity index (χ3v) is 10.1. The number of benzene rings is 3. The number of unbranched alkanes of at least 4 members (excludes halogenated alkanes) is 1. The van der Waals surface area contributed by atoms with Crippen molar-refractivity contribution in [2.24, 2.45) is 17.6 Å². The Morgan fingerprint density at radius 2 is 1.69 bits per heavy atom. The molecule has 1 aliphatic carbocycles. The van der Waals surface area contributed by atoms with Crippen LogP contribution in [0.15, 0.2) is 60.7 Å². The van der Waals surface area contributed by atoms with Gasteiger partial charge in [-0.1, -0.05) is 86.3 Å². The van der Waals surface area contributed by atoms with Crippen LogP contribution in [0, 0.1) is 11.8 Å². The van der Waals surface area contributed by atoms with E-state index in [9.17, 15) is 19.2 Å². The number of ether oxygens (including phenoxy) is 1. The Bertz CT molecular complexity index is 1620. The van der Waals surface area contributed by atoms with Crippen LogP contribution in [0.4, 0.5) is 0 Å². The van der Waals surface area contributed by atoms with Gasteiger partial charge >= 0.3 is 0 Å². The van der Waals surface area contributed by atoms with Crippen LogP contribution in [0.25, 0.3) is 10.8 Å². The highest BCUT2D eigenvalue weighted by Gasteiger charge is 2.36. The van der Waals surface area contributed by atoms with Crippen molar-refractivity contribution in [1.29, 1.82) is 0 Å². The number of hydrogen-bond acceptors (Lipinski definition) is 6. The molecule has 49 heavy (non-hydrogen) atoms. The molecule has 0 unspecified atom stereocenters. The summed E-state index contributed by atoms with van der Waals surface area (Å²) in [6.45, 7) is 2.69. The van der Waals surface area contributed by atoms with E-state index in [2.05, 4.69) is 16.0 Å². The molecule has 0 radical (unpaired) electrons. The van der Waals surface area contributed by atoms with Crippen LogP contribution in [0.2, 0.25) is 5.02 Å². The van der Waals surface area contributed by atoms with E-state index in [1.54, 1.807) is 19.1 Å². The molecule has 0 bridgehead atoms. The van der Waals surface area contributed by atoms with Crippen LogP contribution in [0.3, 0.4) is 0 Å². The van der Waals surface area contributed by atoms with E-state index in [0.717, 1.165) is 54.0 Å². The van der Waals surface area contributed by atoms with Gasteiger partial charge in [0.25, 0.3) is 0 Å². The molecule has 5 N–H and O–H groups in total. The van der Waals surface area contributed by atoms with E-state index in [-0.39, 0.29) is 54.7 Å². The van der Waals surface area contributed by atoms with Crippen molar-refractivity contribution in [3.05, 3.63) is 76.8 Å². The van der Waals surface area contributed by atoms with Gasteiger partial charge in [-0.05, 0) is 66.6 Å². The van der Waals surface area contributed by atoms with Gasteiger partial charge in [-0.2, -0.15) is 0 Å². The molecule has 0 saturated heterocycles. The van der Waals surface area contributed by atoms with Crippen molar-refractivity contribution in [3.8, 4) is 5.75 Å². The third kappa shape index (κ3) is 9.82. The second-order valence-corrected chi connectivity index (χ2v) is 13.9. The van der Waals surface area contributed by atoms with Crippen molar-refractivity contribution in [2.75, 3.05) is 13.2 Å². The molecule has 1 aliphatic heterocycles. The summed E-state index contributed by atoms with van der Waals surface area (Å²) in [4.78, 5) is 54.6. The largest absolute Gasteiger partial charge is 0.493 e. The lowest BCUT2D eigenvalue weighted by Crippen LogP contribution is -2.54. The minimum absolute atomic E-state index is 0.00517. The van der Waals surface area contributed by atoms with Crippen molar-refractivity contribution in [2.45, 2.75) is 95.7 Å². The zero-order chi connectivity index (χ0) is 34.8. The summed E-state index contributed by atoms with van der Waals surface area (Å²) in [5.74, 6) is -0.930. The lowest BCUT2D eigenvalue weighted by atomic mass is 9.86. The second kappa shape index (κ2) is 17.6. The smallest absolute Gasteiger partial charge is 0.243 e. The maximum Gasteiger partial charge on any atom is 0.243 e. The van der Waals surface area contributed by atoms with Crippen LogP contribution in [0.1, 0.15) is 88.3 Å². The standard InChI is InChI=1S/C39H49ClN4O5/c1-2-36(46)42-33(22-25-14-15-26-9-3-6-12-28(26)21-25)39(48)44-37(27-10-4-5-11-27)34(45)23-29(13-7-8-19-41)38(47)43-32-18-20-49-35-24-30(40)16-17-31(32)35/h3,6,9,12,14-17,21,24,27,29,32-33,37H,2,4-5,7-8,10-11,13,18-20,22-23,41H2,1H3,(H,42,46)(H,43,47)(H,44,48)/t29-,32-,33+,37+/m1/s1. The van der Waals surface area contributed by atoms with Crippen LogP contribution in [-0.4, -0.2) is 48.7 Å². The molecule has 3 amide bonds. The fourth-order valence-corrected chi connectivity index (χ4v) is 7.31. The molecule has 1 saturated carbocycles. The quantitative estimate of drug-likeness (QED) is 0.137. The minimum atomic E-state index is -0.851. The number of carbonyl (C=O) groups excluding carboxylic acids is 4. The Balaban J connectivity index is 1.32. The molecular formula is C39H49ClN4O5. The van der Waals surface area contributed by atoms with Crippen molar-refractivity contribution in [1.82, 2.24) is 16.0 Å². The van der Waals surface area contributed by atoms with Gasteiger partial charge in [0.05, 0.1) is 18.7 Å². The molecule has 0 spiro atoms. The third-order valence-electron chi connectivity index (χ3n) is 9.90. The summed E-state index contributed by atoms with van der Waals surface area (Å²) in [6, 6.07) is 17.5. The normalized spacial score (nSPS) is 17.7. The molecule has 2 aliphatic rings. The van der Waals surface area contributed by atoms with E-state index < -0.39 is 18.0 Å². The Morgan fingerprint density at radius 1 is 0.918 bits per heavy atom. The maximum absolute atomic E-state index is 14.2. The SMILES string of the molecule is CCC(=O)N[C@@H](Cc1ccc2ccccc2c1)C(=O)N[C@H](C(=O)C[C@@H](CCCCN)C(=O)N[C@@H]1CCOc2cc(Cl)ccc21)C1CCCC1. The first-order valence-electron chi connectivity index (χ1n) is 17.8. The molecule has 1 heterocycles. The Kier molecular flexibility index (Phi) is 13.1. The van der Waals surface area contributed by atoms with Gasteiger partial charge in [0.15, 0.2) is 5.78 Å². The van der Waals surface area contributed by atoms with Crippen LogP contribution < -0.4 is 26.4 Å². The lowest BCUT2D eigenvalue weighted by molar-refractivity contribution is -0.134. The summed E-state index contributed by atoms with van der Waals surface area (Å²) in [5, 5.41) is 11.8. The number of rotatable bonds is 16. The summed E-state index contributed by atoms with van der Waals surface area (Å²) >= 11 is 6.18. The predicted octanol–water partition coefficient (Wildman–Crippen LogP) is 5.95. The molecule has 262 valence electrons. The second-order valence-electron chi connectivity index (χ2n) is 13.4. The minimum Gasteiger partial charge on any atom is -0.493 e. The molecule has 5 rings (SSSR count). The van der Waals surface area contributed by atoms with Crippen LogP contribution in [-0.2, 0) is 25.6 Å². The number of amides is 3. The first kappa shape index (κ1) is 36.3. The van der Waals surface area contributed by atoms with Gasteiger partial charge < -0.3 is 26.4 Å². The molecule has 1 fully saturated rings. The summed E-state index contributed by atoms with van der Waals surface area (Å²) in [5.41, 5.74) is 7.55. The number of ketones is 1. The molecule has 9 nitrogen and oxygen atoms in total. The number of hydrogen-bond donors (Lipinski definition) is 4. The van der Waals surface area contributed by atoms with E-state index in [1.807, 2.05) is 48.5 Å². The van der Waals surface area contributed by atoms with Gasteiger partial charge in [-0.3, -0.25) is 19.2 Å². The molecule has 0 aromatic heterocycles. The number of fused-ring (bicyclic) bond motifs is 2. The van der Waals surface area contributed by atoms with E-state index in [4.69, 9.17) is 22.1 Å².